The second kappa shape index (κ2) is 12.3. The van der Waals surface area contributed by atoms with Gasteiger partial charge in [0.15, 0.2) is 6.10 Å². The quantitative estimate of drug-likeness (QED) is 0.276. The van der Waals surface area contributed by atoms with E-state index in [0.29, 0.717) is 50.3 Å². The lowest BCUT2D eigenvalue weighted by Crippen LogP contribution is -2.28. The Morgan fingerprint density at radius 1 is 1.03 bits per heavy atom. The highest BCUT2D eigenvalue weighted by atomic mass is 16.6. The molecule has 0 N–H and O–H groups in total. The maximum atomic E-state index is 12.1. The van der Waals surface area contributed by atoms with Crippen LogP contribution in [0.1, 0.15) is 44.3 Å². The second-order valence-electron chi connectivity index (χ2n) is 7.83. The van der Waals surface area contributed by atoms with Crippen molar-refractivity contribution in [2.75, 3.05) is 26.4 Å². The van der Waals surface area contributed by atoms with Gasteiger partial charge in [0.25, 0.3) is 0 Å². The molecule has 9 heteroatoms. The van der Waals surface area contributed by atoms with Crippen molar-refractivity contribution < 1.29 is 23.7 Å². The van der Waals surface area contributed by atoms with Gasteiger partial charge in [0.1, 0.15) is 35.8 Å². The molecule has 0 bridgehead atoms. The SMILES string of the molecule is CCCc1nn(C)c2c(OCCOc3ccc(C[C@H](OCC)C(=O)OCC)cc3)nc(C)nc12. The molecule has 0 radical (unpaired) electrons. The lowest BCUT2D eigenvalue weighted by molar-refractivity contribution is -0.156. The number of carbonyl (C=O) groups is 1. The number of hydrogen-bond donors (Lipinski definition) is 0. The summed E-state index contributed by atoms with van der Waals surface area (Å²) in [5, 5.41) is 4.58. The van der Waals surface area contributed by atoms with Gasteiger partial charge in [0.05, 0.1) is 12.3 Å². The van der Waals surface area contributed by atoms with E-state index in [1.165, 1.54) is 0 Å². The number of rotatable bonds is 13. The van der Waals surface area contributed by atoms with Gasteiger partial charge in [-0.3, -0.25) is 4.68 Å². The third-order valence-corrected chi connectivity index (χ3v) is 5.17. The van der Waals surface area contributed by atoms with Crippen LogP contribution in [-0.2, 0) is 34.2 Å². The smallest absolute Gasteiger partial charge is 0.335 e. The first-order chi connectivity index (χ1) is 16.5. The van der Waals surface area contributed by atoms with E-state index < -0.39 is 6.10 Å². The predicted molar refractivity (Wildman–Crippen MR) is 128 cm³/mol. The third kappa shape index (κ3) is 6.44. The van der Waals surface area contributed by atoms with Gasteiger partial charge in [-0.25, -0.2) is 9.78 Å². The minimum Gasteiger partial charge on any atom is -0.490 e. The number of aromatic nitrogens is 4. The zero-order valence-electron chi connectivity index (χ0n) is 20.7. The molecule has 0 spiro atoms. The summed E-state index contributed by atoms with van der Waals surface area (Å²) >= 11 is 0. The number of nitrogens with zero attached hydrogens (tertiary/aromatic N) is 4. The molecule has 0 aliphatic carbocycles. The van der Waals surface area contributed by atoms with Crippen molar-refractivity contribution in [1.29, 1.82) is 0 Å². The fraction of sp³-hybridized carbons (Fsp3) is 0.520. The van der Waals surface area contributed by atoms with Crippen LogP contribution in [-0.4, -0.2) is 58.2 Å². The van der Waals surface area contributed by atoms with E-state index >= 15 is 0 Å². The van der Waals surface area contributed by atoms with Gasteiger partial charge in [-0.15, -0.1) is 0 Å². The molecule has 9 nitrogen and oxygen atoms in total. The minimum atomic E-state index is -0.608. The van der Waals surface area contributed by atoms with E-state index in [0.717, 1.165) is 35.1 Å². The van der Waals surface area contributed by atoms with E-state index in [1.807, 2.05) is 45.2 Å². The Kier molecular flexibility index (Phi) is 9.21. The first kappa shape index (κ1) is 25.4. The van der Waals surface area contributed by atoms with Crippen LogP contribution in [0, 0.1) is 6.92 Å². The second-order valence-corrected chi connectivity index (χ2v) is 7.83. The van der Waals surface area contributed by atoms with Gasteiger partial charge >= 0.3 is 5.97 Å². The van der Waals surface area contributed by atoms with Crippen LogP contribution < -0.4 is 9.47 Å². The fourth-order valence-corrected chi connectivity index (χ4v) is 3.70. The Morgan fingerprint density at radius 3 is 2.44 bits per heavy atom. The molecule has 184 valence electrons. The number of aryl methyl sites for hydroxylation is 3. The van der Waals surface area contributed by atoms with Gasteiger partial charge < -0.3 is 18.9 Å². The highest BCUT2D eigenvalue weighted by molar-refractivity contribution is 5.82. The molecule has 0 saturated heterocycles. The number of benzene rings is 1. The number of fused-ring (bicyclic) bond motifs is 1. The van der Waals surface area contributed by atoms with E-state index in [-0.39, 0.29) is 5.97 Å². The highest BCUT2D eigenvalue weighted by Gasteiger charge is 2.20. The van der Waals surface area contributed by atoms with Crippen molar-refractivity contribution in [3.05, 3.63) is 41.3 Å². The third-order valence-electron chi connectivity index (χ3n) is 5.17. The maximum Gasteiger partial charge on any atom is 0.335 e. The van der Waals surface area contributed by atoms with Crippen LogP contribution in [0.5, 0.6) is 11.6 Å². The summed E-state index contributed by atoms with van der Waals surface area (Å²) in [6.45, 7) is 9.08. The van der Waals surface area contributed by atoms with Crippen molar-refractivity contribution in [3.8, 4) is 11.6 Å². The number of hydrogen-bond acceptors (Lipinski definition) is 8. The molecule has 1 atom stereocenters. The maximum absolute atomic E-state index is 12.1. The Balaban J connectivity index is 1.56. The largest absolute Gasteiger partial charge is 0.490 e. The van der Waals surface area contributed by atoms with E-state index in [4.69, 9.17) is 18.9 Å². The van der Waals surface area contributed by atoms with Crippen molar-refractivity contribution >= 4 is 17.0 Å². The molecule has 0 aliphatic heterocycles. The lowest BCUT2D eigenvalue weighted by Gasteiger charge is -2.16. The van der Waals surface area contributed by atoms with Gasteiger partial charge in [0.2, 0.25) is 5.88 Å². The van der Waals surface area contributed by atoms with Crippen molar-refractivity contribution in [3.63, 3.8) is 0 Å². The molecule has 0 aliphatic rings. The van der Waals surface area contributed by atoms with Crippen LogP contribution in [0.2, 0.25) is 0 Å². The first-order valence-corrected chi connectivity index (χ1v) is 11.8. The Bertz CT molecular complexity index is 1080. The summed E-state index contributed by atoms with van der Waals surface area (Å²) in [5.41, 5.74) is 3.56. The summed E-state index contributed by atoms with van der Waals surface area (Å²) in [6, 6.07) is 7.58. The van der Waals surface area contributed by atoms with Crippen LogP contribution in [0.25, 0.3) is 11.0 Å². The Labute approximate surface area is 200 Å². The van der Waals surface area contributed by atoms with Crippen molar-refractivity contribution in [1.82, 2.24) is 19.7 Å². The van der Waals surface area contributed by atoms with Crippen LogP contribution >= 0.6 is 0 Å². The molecular formula is C25H34N4O5. The average molecular weight is 471 g/mol. The zero-order chi connectivity index (χ0) is 24.5. The monoisotopic (exact) mass is 470 g/mol. The molecule has 34 heavy (non-hydrogen) atoms. The molecule has 0 fully saturated rings. The molecular weight excluding hydrogens is 436 g/mol. The predicted octanol–water partition coefficient (Wildman–Crippen LogP) is 3.59. The fourth-order valence-electron chi connectivity index (χ4n) is 3.70. The van der Waals surface area contributed by atoms with Crippen molar-refractivity contribution in [2.45, 2.75) is 53.1 Å². The molecule has 0 amide bonds. The number of ether oxygens (including phenoxy) is 4. The van der Waals surface area contributed by atoms with Crippen LogP contribution in [0.4, 0.5) is 0 Å². The van der Waals surface area contributed by atoms with E-state index in [1.54, 1.807) is 11.6 Å². The molecule has 3 rings (SSSR count). The summed E-state index contributed by atoms with van der Waals surface area (Å²) in [7, 11) is 1.88. The molecule has 2 aromatic heterocycles. The number of esters is 1. The van der Waals surface area contributed by atoms with E-state index in [2.05, 4.69) is 22.0 Å². The number of carbonyl (C=O) groups excluding carboxylic acids is 1. The summed E-state index contributed by atoms with van der Waals surface area (Å²) in [4.78, 5) is 21.1. The molecule has 2 heterocycles. The Morgan fingerprint density at radius 2 is 1.76 bits per heavy atom. The van der Waals surface area contributed by atoms with Gasteiger partial charge in [0, 0.05) is 20.1 Å². The molecule has 0 unspecified atom stereocenters. The lowest BCUT2D eigenvalue weighted by atomic mass is 10.1. The summed E-state index contributed by atoms with van der Waals surface area (Å²) in [5.74, 6) is 1.54. The average Bonchev–Trinajstić information content (AvgIpc) is 3.12. The first-order valence-electron chi connectivity index (χ1n) is 11.8. The van der Waals surface area contributed by atoms with Crippen LogP contribution in [0.3, 0.4) is 0 Å². The minimum absolute atomic E-state index is 0.330. The summed E-state index contributed by atoms with van der Waals surface area (Å²) in [6.07, 6.45) is 1.69. The van der Waals surface area contributed by atoms with Gasteiger partial charge in [-0.2, -0.15) is 10.1 Å². The normalized spacial score (nSPS) is 12.0. The highest BCUT2D eigenvalue weighted by Crippen LogP contribution is 2.25. The van der Waals surface area contributed by atoms with Gasteiger partial charge in [-0.1, -0.05) is 25.5 Å². The van der Waals surface area contributed by atoms with Crippen LogP contribution in [0.15, 0.2) is 24.3 Å². The standard InChI is InChI=1S/C25H34N4O5/c1-6-9-20-22-23(29(5)28-20)24(27-17(4)26-22)34-15-14-33-19-12-10-18(11-13-19)16-21(31-7-2)25(30)32-8-3/h10-13,21H,6-9,14-16H2,1-5H3/t21-/m0/s1. The topological polar surface area (TPSA) is 97.6 Å². The molecule has 1 aromatic carbocycles. The Hall–Kier alpha value is -3.20. The van der Waals surface area contributed by atoms with Crippen molar-refractivity contribution in [2.24, 2.45) is 7.05 Å². The molecule has 3 aromatic rings. The van der Waals surface area contributed by atoms with E-state index in [9.17, 15) is 4.79 Å². The zero-order valence-corrected chi connectivity index (χ0v) is 20.7. The molecule has 0 saturated carbocycles. The van der Waals surface area contributed by atoms with Gasteiger partial charge in [-0.05, 0) is 44.9 Å². The summed E-state index contributed by atoms with van der Waals surface area (Å²) < 4.78 is 24.2.